The lowest BCUT2D eigenvalue weighted by Crippen LogP contribution is -2.37. The largest absolute Gasteiger partial charge is 0.450 e. The molecule has 25 heavy (non-hydrogen) atoms. The number of ether oxygens (including phenoxy) is 2. The number of furan rings is 1. The van der Waals surface area contributed by atoms with Crippen LogP contribution in [0, 0.1) is 0 Å². The van der Waals surface area contributed by atoms with Crippen molar-refractivity contribution >= 4 is 28.9 Å². The Morgan fingerprint density at radius 1 is 1.32 bits per heavy atom. The molecule has 0 unspecified atom stereocenters. The first-order chi connectivity index (χ1) is 12.1. The van der Waals surface area contributed by atoms with Gasteiger partial charge in [-0.25, -0.2) is 9.59 Å². The Morgan fingerprint density at radius 3 is 2.84 bits per heavy atom. The van der Waals surface area contributed by atoms with E-state index in [1.54, 1.807) is 12.1 Å². The van der Waals surface area contributed by atoms with Gasteiger partial charge in [-0.3, -0.25) is 9.69 Å². The maximum absolute atomic E-state index is 12.4. The van der Waals surface area contributed by atoms with Crippen LogP contribution in [-0.2, 0) is 20.9 Å². The highest BCUT2D eigenvalue weighted by Gasteiger charge is 2.28. The fourth-order valence-corrected chi connectivity index (χ4v) is 2.59. The summed E-state index contributed by atoms with van der Waals surface area (Å²) in [4.78, 5) is 36.8. The van der Waals surface area contributed by atoms with Gasteiger partial charge in [-0.05, 0) is 13.0 Å². The van der Waals surface area contributed by atoms with Crippen LogP contribution in [0.2, 0.25) is 0 Å². The van der Waals surface area contributed by atoms with Crippen LogP contribution in [0.5, 0.6) is 0 Å². The van der Waals surface area contributed by atoms with Gasteiger partial charge in [0.15, 0.2) is 6.61 Å². The number of nitrogens with zero attached hydrogens (tertiary/aromatic N) is 1. The molecule has 1 aliphatic rings. The van der Waals surface area contributed by atoms with E-state index in [-0.39, 0.29) is 18.9 Å². The number of rotatable bonds is 6. The Balaban J connectivity index is 1.75. The number of hydrogen-bond acceptors (Lipinski definition) is 6. The van der Waals surface area contributed by atoms with Gasteiger partial charge in [0.05, 0.1) is 6.61 Å². The second kappa shape index (κ2) is 7.35. The van der Waals surface area contributed by atoms with Gasteiger partial charge >= 0.3 is 12.0 Å². The summed E-state index contributed by atoms with van der Waals surface area (Å²) in [5.41, 5.74) is 1.11. The van der Waals surface area contributed by atoms with Crippen LogP contribution in [0.25, 0.3) is 11.0 Å². The number of esters is 1. The van der Waals surface area contributed by atoms with Gasteiger partial charge in [-0.2, -0.15) is 0 Å². The summed E-state index contributed by atoms with van der Waals surface area (Å²) in [6.45, 7) is 2.64. The van der Waals surface area contributed by atoms with Crippen LogP contribution >= 0.6 is 0 Å². The van der Waals surface area contributed by atoms with Crippen molar-refractivity contribution in [1.29, 1.82) is 0 Å². The minimum absolute atomic E-state index is 0.00771. The minimum Gasteiger partial charge on any atom is -0.450 e. The van der Waals surface area contributed by atoms with Crippen LogP contribution < -0.4 is 5.32 Å². The molecule has 2 aromatic rings. The first-order valence-electron chi connectivity index (χ1n) is 7.95. The molecule has 0 radical (unpaired) electrons. The predicted octanol–water partition coefficient (Wildman–Crippen LogP) is 1.68. The molecule has 3 rings (SSSR count). The van der Waals surface area contributed by atoms with Gasteiger partial charge < -0.3 is 19.2 Å². The Labute approximate surface area is 143 Å². The van der Waals surface area contributed by atoms with Crippen LogP contribution in [-0.4, -0.2) is 49.1 Å². The van der Waals surface area contributed by atoms with E-state index in [0.717, 1.165) is 10.3 Å². The first-order valence-corrected chi connectivity index (χ1v) is 7.95. The molecule has 0 saturated carbocycles. The number of benzene rings is 1. The lowest BCUT2D eigenvalue weighted by atomic mass is 10.1. The molecular formula is C17H18N2O6. The maximum atomic E-state index is 12.4. The predicted molar refractivity (Wildman–Crippen MR) is 86.9 cm³/mol. The van der Waals surface area contributed by atoms with Gasteiger partial charge in [-0.1, -0.05) is 18.2 Å². The highest BCUT2D eigenvalue weighted by atomic mass is 16.5. The molecular weight excluding hydrogens is 328 g/mol. The molecule has 3 amide bonds. The molecule has 1 aliphatic heterocycles. The zero-order valence-corrected chi connectivity index (χ0v) is 13.7. The minimum atomic E-state index is -0.765. The molecule has 1 aromatic carbocycles. The Kier molecular flexibility index (Phi) is 4.99. The van der Waals surface area contributed by atoms with Crippen molar-refractivity contribution in [2.24, 2.45) is 0 Å². The van der Waals surface area contributed by atoms with Gasteiger partial charge in [0.25, 0.3) is 5.91 Å². The van der Waals surface area contributed by atoms with E-state index >= 15 is 0 Å². The number of nitrogens with one attached hydrogen (secondary N) is 1. The SMILES string of the molecule is CCOCc1c(C(=O)OCC(=O)N2CCNC2=O)oc2ccccc12. The normalized spacial score (nSPS) is 14.0. The van der Waals surface area contributed by atoms with Crippen molar-refractivity contribution in [2.75, 3.05) is 26.3 Å². The van der Waals surface area contributed by atoms with Gasteiger partial charge in [0, 0.05) is 30.6 Å². The average molecular weight is 346 g/mol. The molecule has 0 spiro atoms. The Morgan fingerprint density at radius 2 is 2.12 bits per heavy atom. The van der Waals surface area contributed by atoms with E-state index in [1.165, 1.54) is 0 Å². The Bertz CT molecular complexity index is 813. The average Bonchev–Trinajstić information content (AvgIpc) is 3.21. The Hall–Kier alpha value is -2.87. The number of imide groups is 1. The van der Waals surface area contributed by atoms with E-state index in [0.29, 0.717) is 24.3 Å². The van der Waals surface area contributed by atoms with E-state index in [4.69, 9.17) is 13.9 Å². The van der Waals surface area contributed by atoms with Crippen LogP contribution in [0.1, 0.15) is 23.0 Å². The number of hydrogen-bond donors (Lipinski definition) is 1. The number of amides is 3. The molecule has 0 aliphatic carbocycles. The van der Waals surface area contributed by atoms with Crippen molar-refractivity contribution in [2.45, 2.75) is 13.5 Å². The van der Waals surface area contributed by atoms with Crippen LogP contribution in [0.15, 0.2) is 28.7 Å². The zero-order valence-electron chi connectivity index (χ0n) is 13.7. The molecule has 1 aromatic heterocycles. The summed E-state index contributed by atoms with van der Waals surface area (Å²) in [6.07, 6.45) is 0. The maximum Gasteiger partial charge on any atom is 0.375 e. The highest BCUT2D eigenvalue weighted by molar-refractivity contribution is 5.99. The van der Waals surface area contributed by atoms with Crippen molar-refractivity contribution in [1.82, 2.24) is 10.2 Å². The third kappa shape index (κ3) is 3.48. The summed E-state index contributed by atoms with van der Waals surface area (Å²) in [5, 5.41) is 3.27. The zero-order chi connectivity index (χ0) is 17.8. The summed E-state index contributed by atoms with van der Waals surface area (Å²) in [7, 11) is 0. The van der Waals surface area contributed by atoms with Crippen LogP contribution in [0.3, 0.4) is 0 Å². The lowest BCUT2D eigenvalue weighted by molar-refractivity contribution is -0.130. The van der Waals surface area contributed by atoms with Gasteiger partial charge in [-0.15, -0.1) is 0 Å². The van der Waals surface area contributed by atoms with Crippen molar-refractivity contribution in [3.63, 3.8) is 0 Å². The number of carbonyl (C=O) groups is 3. The second-order valence-corrected chi connectivity index (χ2v) is 5.40. The fraction of sp³-hybridized carbons (Fsp3) is 0.353. The molecule has 8 heteroatoms. The molecule has 132 valence electrons. The molecule has 1 fully saturated rings. The van der Waals surface area contributed by atoms with Crippen molar-refractivity contribution in [3.8, 4) is 0 Å². The van der Waals surface area contributed by atoms with Gasteiger partial charge in [0.2, 0.25) is 5.76 Å². The monoisotopic (exact) mass is 346 g/mol. The summed E-state index contributed by atoms with van der Waals surface area (Å²) in [5.74, 6) is -1.34. The molecule has 1 N–H and O–H groups in total. The molecule has 0 atom stereocenters. The molecule has 0 bridgehead atoms. The summed E-state index contributed by atoms with van der Waals surface area (Å²) in [6, 6.07) is 6.70. The van der Waals surface area contributed by atoms with Crippen molar-refractivity contribution in [3.05, 3.63) is 35.6 Å². The van der Waals surface area contributed by atoms with E-state index in [9.17, 15) is 14.4 Å². The second-order valence-electron chi connectivity index (χ2n) is 5.40. The third-order valence-corrected chi connectivity index (χ3v) is 3.82. The quantitative estimate of drug-likeness (QED) is 0.799. The third-order valence-electron chi connectivity index (χ3n) is 3.82. The smallest absolute Gasteiger partial charge is 0.375 e. The standard InChI is InChI=1S/C17H18N2O6/c1-2-23-9-12-11-5-3-4-6-13(11)25-15(12)16(21)24-10-14(20)19-8-7-18-17(19)22/h3-6H,2,7-10H2,1H3,(H,18,22). The number of para-hydroxylation sites is 1. The molecule has 2 heterocycles. The van der Waals surface area contributed by atoms with E-state index in [2.05, 4.69) is 5.32 Å². The number of carbonyl (C=O) groups excluding carboxylic acids is 3. The van der Waals surface area contributed by atoms with Gasteiger partial charge in [0.1, 0.15) is 5.58 Å². The highest BCUT2D eigenvalue weighted by Crippen LogP contribution is 2.27. The van der Waals surface area contributed by atoms with Crippen molar-refractivity contribution < 1.29 is 28.3 Å². The number of urea groups is 1. The van der Waals surface area contributed by atoms with E-state index in [1.807, 2.05) is 19.1 Å². The summed E-state index contributed by atoms with van der Waals surface area (Å²) < 4.78 is 16.0. The summed E-state index contributed by atoms with van der Waals surface area (Å²) >= 11 is 0. The number of fused-ring (bicyclic) bond motifs is 1. The fourth-order valence-electron chi connectivity index (χ4n) is 2.59. The molecule has 8 nitrogen and oxygen atoms in total. The molecule has 1 saturated heterocycles. The van der Waals surface area contributed by atoms with E-state index < -0.39 is 24.5 Å². The van der Waals surface area contributed by atoms with Crippen LogP contribution in [0.4, 0.5) is 4.79 Å². The lowest BCUT2D eigenvalue weighted by Gasteiger charge is -2.11. The topological polar surface area (TPSA) is 98.1 Å². The first kappa shape index (κ1) is 17.0.